The minimum atomic E-state index is -5.47. The molecule has 0 aliphatic heterocycles. The zero-order valence-corrected chi connectivity index (χ0v) is 13.1. The van der Waals surface area contributed by atoms with Crippen LogP contribution in [0.15, 0.2) is 33.8 Å². The van der Waals surface area contributed by atoms with E-state index in [9.17, 15) is 36.6 Å². The number of halogens is 6. The van der Waals surface area contributed by atoms with Crippen LogP contribution < -0.4 is 0 Å². The van der Waals surface area contributed by atoms with Crippen molar-refractivity contribution in [1.29, 1.82) is 0 Å². The lowest BCUT2D eigenvalue weighted by Crippen LogP contribution is -2.54. The highest BCUT2D eigenvalue weighted by Gasteiger charge is 2.71. The van der Waals surface area contributed by atoms with Crippen molar-refractivity contribution >= 4 is 28.7 Å². The zero-order valence-electron chi connectivity index (χ0n) is 11.4. The quantitative estimate of drug-likeness (QED) is 0.751. The van der Waals surface area contributed by atoms with Gasteiger partial charge in [0.25, 0.3) is 0 Å². The van der Waals surface area contributed by atoms with Gasteiger partial charge in [-0.15, -0.1) is 11.3 Å². The van der Waals surface area contributed by atoms with E-state index in [-0.39, 0.29) is 5.56 Å². The lowest BCUT2D eigenvalue weighted by molar-refractivity contribution is -0.289. The lowest BCUT2D eigenvalue weighted by atomic mass is 9.78. The molecule has 0 radical (unpaired) electrons. The minimum absolute atomic E-state index is 0.201. The Morgan fingerprint density at radius 3 is 2.17 bits per heavy atom. The van der Waals surface area contributed by atoms with Gasteiger partial charge >= 0.3 is 12.4 Å². The first-order chi connectivity index (χ1) is 10.9. The number of hydrogen-bond acceptors (Lipinski definition) is 4. The van der Waals surface area contributed by atoms with Crippen LogP contribution in [0.4, 0.5) is 26.3 Å². The Hall–Kier alpha value is -1.36. The third-order valence-corrected chi connectivity index (χ3v) is 5.59. The van der Waals surface area contributed by atoms with E-state index >= 15 is 0 Å². The van der Waals surface area contributed by atoms with Gasteiger partial charge in [-0.1, -0.05) is 0 Å². The molecule has 0 spiro atoms. The summed E-state index contributed by atoms with van der Waals surface area (Å²) in [5.74, 6) is 0. The molecule has 0 fully saturated rings. The molecule has 130 valence electrons. The van der Waals surface area contributed by atoms with Gasteiger partial charge in [0.1, 0.15) is 0 Å². The number of rotatable bonds is 2. The van der Waals surface area contributed by atoms with Crippen molar-refractivity contribution in [3.05, 3.63) is 49.9 Å². The Bertz CT molecular complexity index is 789. The molecule has 10 heteroatoms. The van der Waals surface area contributed by atoms with Crippen molar-refractivity contribution in [3.8, 4) is 0 Å². The molecule has 0 bridgehead atoms. The van der Waals surface area contributed by atoms with E-state index in [0.29, 0.717) is 17.4 Å². The fraction of sp³-hybridized carbons (Fsp3) is 0.286. The average Bonchev–Trinajstić information content (AvgIpc) is 3.13. The molecule has 2 N–H and O–H groups in total. The van der Waals surface area contributed by atoms with Gasteiger partial charge in [-0.25, -0.2) is 0 Å². The van der Waals surface area contributed by atoms with Gasteiger partial charge in [0, 0.05) is 11.1 Å². The molecule has 0 saturated heterocycles. The Kier molecular flexibility index (Phi) is 3.69. The summed E-state index contributed by atoms with van der Waals surface area (Å²) >= 11 is 1.26. The topological polar surface area (TPSA) is 40.5 Å². The average molecular weight is 386 g/mol. The molecule has 2 unspecified atom stereocenters. The van der Waals surface area contributed by atoms with Gasteiger partial charge in [-0.05, 0) is 39.9 Å². The number of thiophene rings is 2. The van der Waals surface area contributed by atoms with Crippen LogP contribution in [0.2, 0.25) is 0 Å². The van der Waals surface area contributed by atoms with E-state index in [0.717, 1.165) is 28.8 Å². The number of alkyl halides is 6. The van der Waals surface area contributed by atoms with Crippen molar-refractivity contribution in [2.75, 3.05) is 0 Å². The fourth-order valence-corrected chi connectivity index (χ4v) is 4.41. The van der Waals surface area contributed by atoms with E-state index in [2.05, 4.69) is 0 Å². The van der Waals surface area contributed by atoms with Gasteiger partial charge in [-0.2, -0.15) is 37.7 Å². The molecular formula is C14H8F6O2S2. The third kappa shape index (κ3) is 2.10. The molecule has 0 aromatic carbocycles. The first-order valence-corrected chi connectivity index (χ1v) is 8.17. The van der Waals surface area contributed by atoms with E-state index in [1.54, 1.807) is 0 Å². The molecule has 3 rings (SSSR count). The highest BCUT2D eigenvalue weighted by atomic mass is 32.1. The molecule has 2 atom stereocenters. The van der Waals surface area contributed by atoms with Crippen LogP contribution in [-0.4, -0.2) is 22.6 Å². The molecule has 0 saturated carbocycles. The molecule has 2 aromatic rings. The summed E-state index contributed by atoms with van der Waals surface area (Å²) in [5, 5.41) is 24.0. The van der Waals surface area contributed by atoms with Crippen LogP contribution in [0.25, 0.3) is 6.08 Å². The van der Waals surface area contributed by atoms with Crippen LogP contribution in [-0.2, 0) is 11.2 Å². The smallest absolute Gasteiger partial charge is 0.372 e. The van der Waals surface area contributed by atoms with Gasteiger partial charge < -0.3 is 10.2 Å². The van der Waals surface area contributed by atoms with Crippen molar-refractivity contribution < 1.29 is 36.6 Å². The Morgan fingerprint density at radius 2 is 1.67 bits per heavy atom. The Balaban J connectivity index is 2.32. The molecule has 2 aromatic heterocycles. The van der Waals surface area contributed by atoms with Crippen LogP contribution >= 0.6 is 22.7 Å². The summed E-state index contributed by atoms with van der Waals surface area (Å²) in [5.41, 5.74) is -10.4. The van der Waals surface area contributed by atoms with Gasteiger partial charge in [0.2, 0.25) is 11.2 Å². The normalized spacial score (nSPS) is 23.8. The first-order valence-electron chi connectivity index (χ1n) is 6.35. The number of hydrogen-bond donors (Lipinski definition) is 2. The standard InChI is InChI=1S/C14H8F6O2S2/c15-13(16,17)11(21,8-2-3-23-6-8)9-5-7-1-4-24-10(7)12(9,22)14(18,19)20/h1-6,21-22H. The molecule has 24 heavy (non-hydrogen) atoms. The second-order valence-corrected chi connectivity index (χ2v) is 6.89. The van der Waals surface area contributed by atoms with Gasteiger partial charge in [-0.3, -0.25) is 0 Å². The van der Waals surface area contributed by atoms with Gasteiger partial charge in [0.15, 0.2) is 0 Å². The molecular weight excluding hydrogens is 378 g/mol. The largest absolute Gasteiger partial charge is 0.426 e. The Labute approximate surface area is 139 Å². The predicted octanol–water partition coefficient (Wildman–Crippen LogP) is 4.41. The van der Waals surface area contributed by atoms with E-state index in [1.807, 2.05) is 0 Å². The molecule has 1 aliphatic rings. The maximum atomic E-state index is 13.6. The summed E-state index contributed by atoms with van der Waals surface area (Å²) in [4.78, 5) is -0.692. The fourth-order valence-electron chi connectivity index (χ4n) is 2.70. The van der Waals surface area contributed by atoms with E-state index < -0.39 is 39.6 Å². The summed E-state index contributed by atoms with van der Waals surface area (Å²) < 4.78 is 81.5. The van der Waals surface area contributed by atoms with Crippen molar-refractivity contribution in [2.45, 2.75) is 23.6 Å². The predicted molar refractivity (Wildman–Crippen MR) is 76.5 cm³/mol. The van der Waals surface area contributed by atoms with Crippen LogP contribution in [0.5, 0.6) is 0 Å². The number of fused-ring (bicyclic) bond motifs is 1. The maximum Gasteiger partial charge on any atom is 0.426 e. The summed E-state index contributed by atoms with van der Waals surface area (Å²) in [6, 6.07) is 2.04. The first kappa shape index (κ1) is 17.5. The van der Waals surface area contributed by atoms with Gasteiger partial charge in [0.05, 0.1) is 4.88 Å². The van der Waals surface area contributed by atoms with Crippen LogP contribution in [0.1, 0.15) is 16.0 Å². The van der Waals surface area contributed by atoms with Crippen molar-refractivity contribution in [3.63, 3.8) is 0 Å². The minimum Gasteiger partial charge on any atom is -0.372 e. The van der Waals surface area contributed by atoms with E-state index in [4.69, 9.17) is 0 Å². The monoisotopic (exact) mass is 386 g/mol. The van der Waals surface area contributed by atoms with Crippen LogP contribution in [0, 0.1) is 0 Å². The Morgan fingerprint density at radius 1 is 1.00 bits per heavy atom. The molecule has 2 nitrogen and oxygen atoms in total. The summed E-state index contributed by atoms with van der Waals surface area (Å²) in [7, 11) is 0. The third-order valence-electron chi connectivity index (χ3n) is 3.86. The zero-order chi connectivity index (χ0) is 18.0. The van der Waals surface area contributed by atoms with Crippen LogP contribution in [0.3, 0.4) is 0 Å². The molecule has 1 aliphatic carbocycles. The number of aliphatic hydroxyl groups is 2. The lowest BCUT2D eigenvalue weighted by Gasteiger charge is -2.39. The highest BCUT2D eigenvalue weighted by Crippen LogP contribution is 2.60. The molecule has 2 heterocycles. The van der Waals surface area contributed by atoms with E-state index in [1.165, 1.54) is 10.8 Å². The molecule has 0 amide bonds. The second-order valence-electron chi connectivity index (χ2n) is 5.19. The summed E-state index contributed by atoms with van der Waals surface area (Å²) in [6.07, 6.45) is -10.3. The second kappa shape index (κ2) is 5.07. The summed E-state index contributed by atoms with van der Waals surface area (Å²) in [6.45, 7) is 0. The maximum absolute atomic E-state index is 13.6. The van der Waals surface area contributed by atoms with Crippen molar-refractivity contribution in [1.82, 2.24) is 0 Å². The highest BCUT2D eigenvalue weighted by molar-refractivity contribution is 7.10. The van der Waals surface area contributed by atoms with Crippen molar-refractivity contribution in [2.24, 2.45) is 0 Å². The SMILES string of the molecule is OC(C1=Cc2ccsc2C1(O)C(F)(F)F)(c1ccsc1)C(F)(F)F.